The first-order valence-corrected chi connectivity index (χ1v) is 3.76. The number of nitrogens with one attached hydrogen (secondary N) is 1. The summed E-state index contributed by atoms with van der Waals surface area (Å²) in [5.41, 5.74) is 3.59. The van der Waals surface area contributed by atoms with Crippen molar-refractivity contribution in [1.82, 2.24) is 15.1 Å². The molecule has 1 heterocycles. The third kappa shape index (κ3) is 1.80. The molecule has 0 aliphatic rings. The number of rotatable bonds is 2. The van der Waals surface area contributed by atoms with Gasteiger partial charge < -0.3 is 4.90 Å². The first kappa shape index (κ1) is 8.27. The second-order valence-electron chi connectivity index (χ2n) is 3.16. The average Bonchev–Trinajstić information content (AvgIpc) is 2.18. The predicted octanol–water partition coefficient (Wildman–Crippen LogP) is 1.09. The van der Waals surface area contributed by atoms with Crippen LogP contribution in [0, 0.1) is 13.8 Å². The van der Waals surface area contributed by atoms with Gasteiger partial charge in [-0.25, -0.2) is 0 Å². The van der Waals surface area contributed by atoms with Crippen LogP contribution in [0.25, 0.3) is 0 Å². The number of nitrogens with zero attached hydrogens (tertiary/aromatic N) is 2. The summed E-state index contributed by atoms with van der Waals surface area (Å²) in [5.74, 6) is 0. The number of aryl methyl sites for hydroxylation is 1. The smallest absolute Gasteiger partial charge is 0.0793 e. The molecule has 3 nitrogen and oxygen atoms in total. The summed E-state index contributed by atoms with van der Waals surface area (Å²) < 4.78 is 0. The molecule has 0 atom stereocenters. The van der Waals surface area contributed by atoms with Crippen LogP contribution < -0.4 is 0 Å². The van der Waals surface area contributed by atoms with Gasteiger partial charge in [-0.3, -0.25) is 5.10 Å². The molecular formula is C8H15N3. The maximum atomic E-state index is 4.19. The Labute approximate surface area is 67.4 Å². The van der Waals surface area contributed by atoms with E-state index in [9.17, 15) is 0 Å². The molecule has 0 aromatic carbocycles. The third-order valence-corrected chi connectivity index (χ3v) is 1.82. The van der Waals surface area contributed by atoms with Crippen LogP contribution >= 0.6 is 0 Å². The second-order valence-corrected chi connectivity index (χ2v) is 3.16. The Balaban J connectivity index is 2.79. The van der Waals surface area contributed by atoms with E-state index in [0.717, 1.165) is 12.2 Å². The largest absolute Gasteiger partial charge is 0.303 e. The average molecular weight is 153 g/mol. The van der Waals surface area contributed by atoms with Gasteiger partial charge in [0.15, 0.2) is 0 Å². The van der Waals surface area contributed by atoms with Crippen molar-refractivity contribution in [2.75, 3.05) is 14.1 Å². The van der Waals surface area contributed by atoms with Crippen molar-refractivity contribution < 1.29 is 0 Å². The van der Waals surface area contributed by atoms with Crippen LogP contribution in [0.2, 0.25) is 0 Å². The molecule has 0 aliphatic heterocycles. The number of hydrogen-bond donors (Lipinski definition) is 1. The fourth-order valence-corrected chi connectivity index (χ4v) is 0.989. The van der Waals surface area contributed by atoms with E-state index in [0.29, 0.717) is 0 Å². The molecule has 0 fully saturated rings. The van der Waals surface area contributed by atoms with Crippen molar-refractivity contribution in [3.8, 4) is 0 Å². The standard InChI is InChI=1S/C8H15N3/c1-6-7(2)9-10-8(6)5-11(3)4/h5H2,1-4H3,(H,9,10). The van der Waals surface area contributed by atoms with Crippen LogP contribution in [0.15, 0.2) is 0 Å². The van der Waals surface area contributed by atoms with Crippen molar-refractivity contribution >= 4 is 0 Å². The highest BCUT2D eigenvalue weighted by Crippen LogP contribution is 2.08. The lowest BCUT2D eigenvalue weighted by Crippen LogP contribution is -2.11. The molecule has 0 unspecified atom stereocenters. The molecule has 0 saturated heterocycles. The molecule has 11 heavy (non-hydrogen) atoms. The molecule has 0 spiro atoms. The Morgan fingerprint density at radius 1 is 1.36 bits per heavy atom. The second kappa shape index (κ2) is 3.05. The number of aromatic amines is 1. The van der Waals surface area contributed by atoms with Crippen LogP contribution in [-0.4, -0.2) is 29.2 Å². The summed E-state index contributed by atoms with van der Waals surface area (Å²) in [4.78, 5) is 2.11. The van der Waals surface area contributed by atoms with Gasteiger partial charge in [0.2, 0.25) is 0 Å². The van der Waals surface area contributed by atoms with E-state index in [1.807, 2.05) is 21.0 Å². The van der Waals surface area contributed by atoms with Crippen molar-refractivity contribution in [2.24, 2.45) is 0 Å². The Morgan fingerprint density at radius 2 is 2.00 bits per heavy atom. The molecule has 1 rings (SSSR count). The normalized spacial score (nSPS) is 11.0. The van der Waals surface area contributed by atoms with E-state index in [1.54, 1.807) is 0 Å². The van der Waals surface area contributed by atoms with Gasteiger partial charge in [-0.05, 0) is 33.5 Å². The molecule has 1 N–H and O–H groups in total. The van der Waals surface area contributed by atoms with E-state index in [2.05, 4.69) is 22.0 Å². The van der Waals surface area contributed by atoms with Crippen molar-refractivity contribution in [3.05, 3.63) is 17.0 Å². The third-order valence-electron chi connectivity index (χ3n) is 1.82. The zero-order valence-electron chi connectivity index (χ0n) is 7.60. The van der Waals surface area contributed by atoms with Gasteiger partial charge in [0.1, 0.15) is 0 Å². The summed E-state index contributed by atoms with van der Waals surface area (Å²) in [7, 11) is 4.09. The van der Waals surface area contributed by atoms with E-state index in [-0.39, 0.29) is 0 Å². The lowest BCUT2D eigenvalue weighted by atomic mass is 10.2. The minimum absolute atomic E-state index is 0.913. The van der Waals surface area contributed by atoms with Gasteiger partial charge in [0.05, 0.1) is 5.69 Å². The molecule has 62 valence electrons. The first-order valence-electron chi connectivity index (χ1n) is 3.76. The SMILES string of the molecule is Cc1[nH]nc(CN(C)C)c1C. The van der Waals surface area contributed by atoms with Crippen LogP contribution in [-0.2, 0) is 6.54 Å². The molecule has 0 aliphatic carbocycles. The van der Waals surface area contributed by atoms with Crippen molar-refractivity contribution in [2.45, 2.75) is 20.4 Å². The van der Waals surface area contributed by atoms with E-state index in [1.165, 1.54) is 11.3 Å². The summed E-state index contributed by atoms with van der Waals surface area (Å²) in [6.45, 7) is 5.05. The van der Waals surface area contributed by atoms with Crippen LogP contribution in [0.4, 0.5) is 0 Å². The van der Waals surface area contributed by atoms with Gasteiger partial charge >= 0.3 is 0 Å². The first-order chi connectivity index (χ1) is 5.11. The van der Waals surface area contributed by atoms with Crippen LogP contribution in [0.1, 0.15) is 17.0 Å². The van der Waals surface area contributed by atoms with Crippen LogP contribution in [0.3, 0.4) is 0 Å². The Morgan fingerprint density at radius 3 is 2.36 bits per heavy atom. The molecule has 1 aromatic heterocycles. The highest BCUT2D eigenvalue weighted by molar-refractivity contribution is 5.21. The minimum Gasteiger partial charge on any atom is -0.303 e. The fraction of sp³-hybridized carbons (Fsp3) is 0.625. The highest BCUT2D eigenvalue weighted by atomic mass is 15.2. The van der Waals surface area contributed by atoms with Crippen LogP contribution in [0.5, 0.6) is 0 Å². The van der Waals surface area contributed by atoms with Gasteiger partial charge in [-0.15, -0.1) is 0 Å². The van der Waals surface area contributed by atoms with E-state index >= 15 is 0 Å². The van der Waals surface area contributed by atoms with E-state index < -0.39 is 0 Å². The molecule has 3 heteroatoms. The number of hydrogen-bond acceptors (Lipinski definition) is 2. The molecule has 1 aromatic rings. The Kier molecular flexibility index (Phi) is 2.29. The summed E-state index contributed by atoms with van der Waals surface area (Å²) in [6.07, 6.45) is 0. The van der Waals surface area contributed by atoms with Crippen molar-refractivity contribution in [1.29, 1.82) is 0 Å². The van der Waals surface area contributed by atoms with Gasteiger partial charge in [0.25, 0.3) is 0 Å². The molecular weight excluding hydrogens is 138 g/mol. The van der Waals surface area contributed by atoms with E-state index in [4.69, 9.17) is 0 Å². The summed E-state index contributed by atoms with van der Waals surface area (Å²) in [5, 5.41) is 7.15. The molecule has 0 saturated carbocycles. The lowest BCUT2D eigenvalue weighted by molar-refractivity contribution is 0.395. The topological polar surface area (TPSA) is 31.9 Å². The monoisotopic (exact) mass is 153 g/mol. The summed E-state index contributed by atoms with van der Waals surface area (Å²) in [6, 6.07) is 0. The maximum Gasteiger partial charge on any atom is 0.0793 e. The number of aromatic nitrogens is 2. The zero-order valence-corrected chi connectivity index (χ0v) is 7.60. The van der Waals surface area contributed by atoms with Gasteiger partial charge in [-0.1, -0.05) is 0 Å². The maximum absolute atomic E-state index is 4.19. The highest BCUT2D eigenvalue weighted by Gasteiger charge is 2.04. The zero-order chi connectivity index (χ0) is 8.43. The Bertz CT molecular complexity index is 237. The van der Waals surface area contributed by atoms with Crippen molar-refractivity contribution in [3.63, 3.8) is 0 Å². The predicted molar refractivity (Wildman–Crippen MR) is 45.5 cm³/mol. The summed E-state index contributed by atoms with van der Waals surface area (Å²) >= 11 is 0. The van der Waals surface area contributed by atoms with Gasteiger partial charge in [0, 0.05) is 12.2 Å². The fourth-order valence-electron chi connectivity index (χ4n) is 0.989. The minimum atomic E-state index is 0.913. The molecule has 0 amide bonds. The van der Waals surface area contributed by atoms with Gasteiger partial charge in [-0.2, -0.15) is 5.10 Å². The molecule has 0 bridgehead atoms. The quantitative estimate of drug-likeness (QED) is 0.689. The molecule has 0 radical (unpaired) electrons. The number of H-pyrrole nitrogens is 1. The Hall–Kier alpha value is -0.830. The lowest BCUT2D eigenvalue weighted by Gasteiger charge is -2.06.